The maximum atomic E-state index is 12.7. The number of rotatable bonds is 5. The van der Waals surface area contributed by atoms with E-state index in [4.69, 9.17) is 4.42 Å². The summed E-state index contributed by atoms with van der Waals surface area (Å²) >= 11 is 1.61. The fraction of sp³-hybridized carbons (Fsp3) is 0.294. The van der Waals surface area contributed by atoms with Crippen LogP contribution in [0, 0.1) is 6.92 Å². The van der Waals surface area contributed by atoms with Crippen LogP contribution in [-0.4, -0.2) is 21.1 Å². The number of aromatic nitrogens is 3. The molecule has 3 rings (SSSR count). The van der Waals surface area contributed by atoms with E-state index in [0.29, 0.717) is 22.9 Å². The molecule has 0 saturated heterocycles. The van der Waals surface area contributed by atoms with Gasteiger partial charge >= 0.3 is 0 Å². The summed E-state index contributed by atoms with van der Waals surface area (Å²) in [6.07, 6.45) is 0.894. The highest BCUT2D eigenvalue weighted by Gasteiger charge is 2.19. The SMILES string of the molecule is CCc1nc(C(C)NC(=O)c2ccccc2-c2nnc(C)o2)cs1. The molecule has 3 aromatic rings. The Kier molecular flexibility index (Phi) is 4.71. The van der Waals surface area contributed by atoms with Crippen molar-refractivity contribution in [1.29, 1.82) is 0 Å². The Morgan fingerprint density at radius 2 is 2.12 bits per heavy atom. The molecule has 6 nitrogen and oxygen atoms in total. The summed E-state index contributed by atoms with van der Waals surface area (Å²) < 4.78 is 5.45. The molecule has 0 spiro atoms. The van der Waals surface area contributed by atoms with E-state index in [-0.39, 0.29) is 11.9 Å². The van der Waals surface area contributed by atoms with Gasteiger partial charge in [-0.2, -0.15) is 0 Å². The Morgan fingerprint density at radius 1 is 1.33 bits per heavy atom. The molecule has 0 radical (unpaired) electrons. The third kappa shape index (κ3) is 3.35. The zero-order chi connectivity index (χ0) is 17.1. The molecule has 2 aromatic heterocycles. The van der Waals surface area contributed by atoms with Crippen molar-refractivity contribution in [3.8, 4) is 11.5 Å². The van der Waals surface area contributed by atoms with Crippen molar-refractivity contribution in [3.05, 3.63) is 51.8 Å². The largest absolute Gasteiger partial charge is 0.421 e. The van der Waals surface area contributed by atoms with E-state index in [2.05, 4.69) is 27.4 Å². The predicted molar refractivity (Wildman–Crippen MR) is 91.8 cm³/mol. The lowest BCUT2D eigenvalue weighted by Gasteiger charge is -2.13. The van der Waals surface area contributed by atoms with Crippen LogP contribution in [-0.2, 0) is 6.42 Å². The number of nitrogens with one attached hydrogen (secondary N) is 1. The minimum absolute atomic E-state index is 0.175. The lowest BCUT2D eigenvalue weighted by atomic mass is 10.1. The standard InChI is InChI=1S/C17H18N4O2S/c1-4-15-19-14(9-24-15)10(2)18-16(22)12-7-5-6-8-13(12)17-21-20-11(3)23-17/h5-10H,4H2,1-3H3,(H,18,22). The molecular weight excluding hydrogens is 324 g/mol. The van der Waals surface area contributed by atoms with Crippen molar-refractivity contribution in [2.45, 2.75) is 33.2 Å². The van der Waals surface area contributed by atoms with Crippen LogP contribution in [0.25, 0.3) is 11.5 Å². The summed E-state index contributed by atoms with van der Waals surface area (Å²) in [7, 11) is 0. The van der Waals surface area contributed by atoms with Gasteiger partial charge in [0.2, 0.25) is 11.8 Å². The van der Waals surface area contributed by atoms with Gasteiger partial charge in [0.1, 0.15) is 0 Å². The summed E-state index contributed by atoms with van der Waals surface area (Å²) in [6.45, 7) is 5.70. The lowest BCUT2D eigenvalue weighted by Crippen LogP contribution is -2.27. The van der Waals surface area contributed by atoms with Crippen LogP contribution in [0.15, 0.2) is 34.1 Å². The molecule has 0 bridgehead atoms. The lowest BCUT2D eigenvalue weighted by molar-refractivity contribution is 0.0939. The molecule has 1 amide bonds. The molecule has 0 aliphatic heterocycles. The van der Waals surface area contributed by atoms with Gasteiger partial charge in [0, 0.05) is 12.3 Å². The third-order valence-electron chi connectivity index (χ3n) is 3.59. The number of nitrogens with zero attached hydrogens (tertiary/aromatic N) is 3. The second-order valence-corrected chi connectivity index (χ2v) is 6.33. The van der Waals surface area contributed by atoms with Crippen molar-refractivity contribution in [2.75, 3.05) is 0 Å². The topological polar surface area (TPSA) is 80.9 Å². The van der Waals surface area contributed by atoms with Crippen molar-refractivity contribution >= 4 is 17.2 Å². The molecule has 1 N–H and O–H groups in total. The Morgan fingerprint density at radius 3 is 2.79 bits per heavy atom. The van der Waals surface area contributed by atoms with Crippen LogP contribution in [0.4, 0.5) is 0 Å². The number of thiazole rings is 1. The van der Waals surface area contributed by atoms with Gasteiger partial charge in [-0.3, -0.25) is 4.79 Å². The fourth-order valence-corrected chi connectivity index (χ4v) is 3.15. The van der Waals surface area contributed by atoms with Crippen molar-refractivity contribution in [3.63, 3.8) is 0 Å². The van der Waals surface area contributed by atoms with E-state index in [1.54, 1.807) is 30.4 Å². The quantitative estimate of drug-likeness (QED) is 0.767. The maximum Gasteiger partial charge on any atom is 0.252 e. The number of hydrogen-bond acceptors (Lipinski definition) is 6. The van der Waals surface area contributed by atoms with Crippen molar-refractivity contribution < 1.29 is 9.21 Å². The molecule has 7 heteroatoms. The van der Waals surface area contributed by atoms with Crippen LogP contribution in [0.2, 0.25) is 0 Å². The second kappa shape index (κ2) is 6.92. The molecule has 1 unspecified atom stereocenters. The summed E-state index contributed by atoms with van der Waals surface area (Å²) in [5.41, 5.74) is 1.99. The zero-order valence-corrected chi connectivity index (χ0v) is 14.6. The van der Waals surface area contributed by atoms with Gasteiger partial charge in [0.15, 0.2) is 0 Å². The van der Waals surface area contributed by atoms with Gasteiger partial charge < -0.3 is 9.73 Å². The van der Waals surface area contributed by atoms with E-state index >= 15 is 0 Å². The first-order valence-electron chi connectivity index (χ1n) is 7.73. The van der Waals surface area contributed by atoms with Crippen LogP contribution >= 0.6 is 11.3 Å². The van der Waals surface area contributed by atoms with Gasteiger partial charge in [-0.05, 0) is 25.5 Å². The Bertz CT molecular complexity index is 856. The summed E-state index contributed by atoms with van der Waals surface area (Å²) in [6, 6.07) is 7.01. The van der Waals surface area contributed by atoms with E-state index < -0.39 is 0 Å². The highest BCUT2D eigenvalue weighted by Crippen LogP contribution is 2.23. The number of benzene rings is 1. The van der Waals surface area contributed by atoms with Gasteiger partial charge in [0.25, 0.3) is 5.91 Å². The molecule has 0 aliphatic carbocycles. The first kappa shape index (κ1) is 16.3. The monoisotopic (exact) mass is 342 g/mol. The minimum Gasteiger partial charge on any atom is -0.421 e. The number of carbonyl (C=O) groups excluding carboxylic acids is 1. The number of hydrogen-bond donors (Lipinski definition) is 1. The third-order valence-corrected chi connectivity index (χ3v) is 4.60. The van der Waals surface area contributed by atoms with Gasteiger partial charge in [-0.25, -0.2) is 4.98 Å². The molecule has 0 aliphatic rings. The number of carbonyl (C=O) groups is 1. The molecule has 0 saturated carbocycles. The van der Waals surface area contributed by atoms with Crippen LogP contribution in [0.1, 0.15) is 46.8 Å². The molecule has 1 atom stereocenters. The average Bonchev–Trinajstić information content (AvgIpc) is 3.23. The van der Waals surface area contributed by atoms with E-state index in [1.807, 2.05) is 24.4 Å². The molecule has 24 heavy (non-hydrogen) atoms. The number of amides is 1. The second-order valence-electron chi connectivity index (χ2n) is 5.39. The van der Waals surface area contributed by atoms with E-state index in [1.165, 1.54) is 0 Å². The average molecular weight is 342 g/mol. The van der Waals surface area contributed by atoms with E-state index in [0.717, 1.165) is 17.1 Å². The van der Waals surface area contributed by atoms with Crippen LogP contribution in [0.3, 0.4) is 0 Å². The Balaban J connectivity index is 1.82. The molecule has 124 valence electrons. The summed E-state index contributed by atoms with van der Waals surface area (Å²) in [5.74, 6) is 0.607. The maximum absolute atomic E-state index is 12.7. The molecule has 0 fully saturated rings. The van der Waals surface area contributed by atoms with Crippen molar-refractivity contribution in [2.24, 2.45) is 0 Å². The van der Waals surface area contributed by atoms with Crippen LogP contribution < -0.4 is 5.32 Å². The Labute approximate surface area is 144 Å². The highest BCUT2D eigenvalue weighted by atomic mass is 32.1. The first-order valence-corrected chi connectivity index (χ1v) is 8.61. The minimum atomic E-state index is -0.194. The molecule has 1 aromatic carbocycles. The summed E-state index contributed by atoms with van der Waals surface area (Å²) in [4.78, 5) is 17.2. The Hall–Kier alpha value is -2.54. The van der Waals surface area contributed by atoms with Crippen molar-refractivity contribution in [1.82, 2.24) is 20.5 Å². The summed E-state index contributed by atoms with van der Waals surface area (Å²) in [5, 5.41) is 13.9. The fourth-order valence-electron chi connectivity index (χ4n) is 2.31. The highest BCUT2D eigenvalue weighted by molar-refractivity contribution is 7.09. The van der Waals surface area contributed by atoms with Gasteiger partial charge in [-0.1, -0.05) is 19.1 Å². The smallest absolute Gasteiger partial charge is 0.252 e. The predicted octanol–water partition coefficient (Wildman–Crippen LogP) is 3.55. The molecule has 2 heterocycles. The normalized spacial score (nSPS) is 12.1. The first-order chi connectivity index (χ1) is 11.6. The van der Waals surface area contributed by atoms with Gasteiger partial charge in [-0.15, -0.1) is 21.5 Å². The number of aryl methyl sites for hydroxylation is 2. The van der Waals surface area contributed by atoms with Crippen LogP contribution in [0.5, 0.6) is 0 Å². The zero-order valence-electron chi connectivity index (χ0n) is 13.7. The van der Waals surface area contributed by atoms with Gasteiger partial charge in [0.05, 0.1) is 27.9 Å². The molecular formula is C17H18N4O2S. The van der Waals surface area contributed by atoms with E-state index in [9.17, 15) is 4.79 Å².